The highest BCUT2D eigenvalue weighted by atomic mass is 16.3. The Balaban J connectivity index is 2.88. The molecule has 0 aliphatic carbocycles. The van der Waals surface area contributed by atoms with Gasteiger partial charge in [0, 0.05) is 0 Å². The molecule has 1 aromatic rings. The van der Waals surface area contributed by atoms with Crippen LogP contribution in [0.25, 0.3) is 0 Å². The lowest BCUT2D eigenvalue weighted by Crippen LogP contribution is -2.43. The SMILES string of the molecule is CC(CO)(CO)Nc1nc(N)nc(N)n1. The molecule has 0 aliphatic rings. The molecule has 1 aromatic heterocycles. The number of aromatic nitrogens is 3. The highest BCUT2D eigenvalue weighted by Gasteiger charge is 2.23. The number of hydrogen-bond donors (Lipinski definition) is 5. The van der Waals surface area contributed by atoms with E-state index in [1.807, 2.05) is 0 Å². The van der Waals surface area contributed by atoms with Gasteiger partial charge >= 0.3 is 0 Å². The molecule has 0 radical (unpaired) electrons. The van der Waals surface area contributed by atoms with Crippen LogP contribution in [0, 0.1) is 0 Å². The first-order chi connectivity index (χ1) is 6.99. The van der Waals surface area contributed by atoms with Crippen molar-refractivity contribution in [3.8, 4) is 0 Å². The van der Waals surface area contributed by atoms with Gasteiger partial charge in [0.15, 0.2) is 0 Å². The zero-order chi connectivity index (χ0) is 11.5. The molecule has 1 heterocycles. The zero-order valence-electron chi connectivity index (χ0n) is 8.30. The smallest absolute Gasteiger partial charge is 0.229 e. The fraction of sp³-hybridized carbons (Fsp3) is 0.571. The van der Waals surface area contributed by atoms with Crippen LogP contribution in [0.15, 0.2) is 0 Å². The number of anilines is 3. The van der Waals surface area contributed by atoms with E-state index in [4.69, 9.17) is 21.7 Å². The summed E-state index contributed by atoms with van der Waals surface area (Å²) in [4.78, 5) is 11.1. The lowest BCUT2D eigenvalue weighted by molar-refractivity contribution is 0.147. The van der Waals surface area contributed by atoms with Crippen molar-refractivity contribution >= 4 is 17.8 Å². The summed E-state index contributed by atoms with van der Waals surface area (Å²) in [6.07, 6.45) is 0. The Hall–Kier alpha value is -1.67. The van der Waals surface area contributed by atoms with E-state index in [0.717, 1.165) is 0 Å². The Morgan fingerprint density at radius 2 is 1.60 bits per heavy atom. The van der Waals surface area contributed by atoms with Gasteiger partial charge in [-0.15, -0.1) is 0 Å². The third-order valence-corrected chi connectivity index (χ3v) is 1.78. The number of aliphatic hydroxyl groups is 2. The van der Waals surface area contributed by atoms with Crippen LogP contribution in [-0.4, -0.2) is 43.9 Å². The normalized spacial score (nSPS) is 11.4. The molecule has 8 nitrogen and oxygen atoms in total. The van der Waals surface area contributed by atoms with E-state index >= 15 is 0 Å². The second kappa shape index (κ2) is 4.24. The summed E-state index contributed by atoms with van der Waals surface area (Å²) in [6.45, 7) is 1.03. The topological polar surface area (TPSA) is 143 Å². The summed E-state index contributed by atoms with van der Waals surface area (Å²) in [7, 11) is 0. The number of rotatable bonds is 4. The van der Waals surface area contributed by atoms with Gasteiger partial charge in [-0.2, -0.15) is 15.0 Å². The van der Waals surface area contributed by atoms with Gasteiger partial charge in [0.2, 0.25) is 17.8 Å². The second-order valence-corrected chi connectivity index (χ2v) is 3.38. The van der Waals surface area contributed by atoms with Crippen molar-refractivity contribution in [3.63, 3.8) is 0 Å². The highest BCUT2D eigenvalue weighted by molar-refractivity contribution is 5.39. The summed E-state index contributed by atoms with van der Waals surface area (Å²) in [5, 5.41) is 20.8. The standard InChI is InChI=1S/C7H14N6O2/c1-7(2-14,3-15)13-6-11-4(8)10-5(9)12-6/h14-15H,2-3H2,1H3,(H5,8,9,10,11,12,13). The van der Waals surface area contributed by atoms with Gasteiger partial charge in [-0.3, -0.25) is 0 Å². The number of nitrogens with one attached hydrogen (secondary N) is 1. The minimum Gasteiger partial charge on any atom is -0.394 e. The van der Waals surface area contributed by atoms with Crippen molar-refractivity contribution < 1.29 is 10.2 Å². The molecule has 0 saturated heterocycles. The summed E-state index contributed by atoms with van der Waals surface area (Å²) in [5.74, 6) is 0.0667. The molecule has 8 heteroatoms. The van der Waals surface area contributed by atoms with E-state index in [-0.39, 0.29) is 31.1 Å². The zero-order valence-corrected chi connectivity index (χ0v) is 8.30. The molecule has 0 bridgehead atoms. The number of nitrogen functional groups attached to an aromatic ring is 2. The predicted molar refractivity (Wildman–Crippen MR) is 54.9 cm³/mol. The van der Waals surface area contributed by atoms with Crippen molar-refractivity contribution in [1.29, 1.82) is 0 Å². The highest BCUT2D eigenvalue weighted by Crippen LogP contribution is 2.11. The quantitative estimate of drug-likeness (QED) is 0.394. The first-order valence-electron chi connectivity index (χ1n) is 4.26. The van der Waals surface area contributed by atoms with Crippen molar-refractivity contribution in [2.75, 3.05) is 30.0 Å². The van der Waals surface area contributed by atoms with Crippen LogP contribution in [0.2, 0.25) is 0 Å². The fourth-order valence-electron chi connectivity index (χ4n) is 0.864. The van der Waals surface area contributed by atoms with Crippen LogP contribution in [0.5, 0.6) is 0 Å². The van der Waals surface area contributed by atoms with Gasteiger partial charge < -0.3 is 27.0 Å². The molecule has 0 aromatic carbocycles. The Labute approximate surface area is 86.4 Å². The van der Waals surface area contributed by atoms with Crippen molar-refractivity contribution in [3.05, 3.63) is 0 Å². The molecule has 0 spiro atoms. The maximum Gasteiger partial charge on any atom is 0.229 e. The van der Waals surface area contributed by atoms with E-state index < -0.39 is 5.54 Å². The largest absolute Gasteiger partial charge is 0.394 e. The molecule has 0 amide bonds. The van der Waals surface area contributed by atoms with Crippen molar-refractivity contribution in [1.82, 2.24) is 15.0 Å². The molecule has 0 unspecified atom stereocenters. The van der Waals surface area contributed by atoms with Crippen LogP contribution < -0.4 is 16.8 Å². The van der Waals surface area contributed by atoms with Gasteiger partial charge in [-0.25, -0.2) is 0 Å². The van der Waals surface area contributed by atoms with E-state index in [1.54, 1.807) is 6.92 Å². The number of nitrogens with two attached hydrogens (primary N) is 2. The maximum absolute atomic E-state index is 9.03. The monoisotopic (exact) mass is 214 g/mol. The van der Waals surface area contributed by atoms with Gasteiger partial charge in [0.25, 0.3) is 0 Å². The summed E-state index contributed by atoms with van der Waals surface area (Å²) >= 11 is 0. The summed E-state index contributed by atoms with van der Waals surface area (Å²) in [5.41, 5.74) is 9.78. The van der Waals surface area contributed by atoms with Gasteiger partial charge in [-0.05, 0) is 6.92 Å². The Bertz CT molecular complexity index is 320. The van der Waals surface area contributed by atoms with E-state index in [1.165, 1.54) is 0 Å². The maximum atomic E-state index is 9.03. The van der Waals surface area contributed by atoms with Crippen LogP contribution in [0.1, 0.15) is 6.92 Å². The Kier molecular flexibility index (Phi) is 3.22. The first kappa shape index (κ1) is 11.4. The first-order valence-corrected chi connectivity index (χ1v) is 4.26. The van der Waals surface area contributed by atoms with Gasteiger partial charge in [-0.1, -0.05) is 0 Å². The number of aliphatic hydroxyl groups excluding tert-OH is 2. The minimum atomic E-state index is -0.930. The molecule has 0 aliphatic heterocycles. The van der Waals surface area contributed by atoms with E-state index in [2.05, 4.69) is 20.3 Å². The average Bonchev–Trinajstić information content (AvgIpc) is 2.16. The average molecular weight is 214 g/mol. The lowest BCUT2D eigenvalue weighted by Gasteiger charge is -2.25. The molecular formula is C7H14N6O2. The Morgan fingerprint density at radius 1 is 1.13 bits per heavy atom. The molecule has 0 fully saturated rings. The predicted octanol–water partition coefficient (Wildman–Crippen LogP) is -1.81. The third kappa shape index (κ3) is 2.89. The number of nitrogens with zero attached hydrogens (tertiary/aromatic N) is 3. The molecule has 0 saturated carbocycles. The molecule has 7 N–H and O–H groups in total. The van der Waals surface area contributed by atoms with E-state index in [9.17, 15) is 0 Å². The summed E-state index contributed by atoms with van der Waals surface area (Å²) in [6, 6.07) is 0. The molecular weight excluding hydrogens is 200 g/mol. The van der Waals surface area contributed by atoms with Crippen LogP contribution in [0.3, 0.4) is 0 Å². The minimum absolute atomic E-state index is 0.0248. The van der Waals surface area contributed by atoms with Crippen LogP contribution in [-0.2, 0) is 0 Å². The van der Waals surface area contributed by atoms with Gasteiger partial charge in [0.05, 0.1) is 18.8 Å². The van der Waals surface area contributed by atoms with Gasteiger partial charge in [0.1, 0.15) is 0 Å². The van der Waals surface area contributed by atoms with E-state index in [0.29, 0.717) is 0 Å². The third-order valence-electron chi connectivity index (χ3n) is 1.78. The summed E-state index contributed by atoms with van der Waals surface area (Å²) < 4.78 is 0. The van der Waals surface area contributed by atoms with Crippen LogP contribution >= 0.6 is 0 Å². The molecule has 0 atom stereocenters. The number of hydrogen-bond acceptors (Lipinski definition) is 8. The lowest BCUT2D eigenvalue weighted by atomic mass is 10.1. The second-order valence-electron chi connectivity index (χ2n) is 3.38. The fourth-order valence-corrected chi connectivity index (χ4v) is 0.864. The molecule has 1 rings (SSSR count). The van der Waals surface area contributed by atoms with Crippen molar-refractivity contribution in [2.45, 2.75) is 12.5 Å². The molecule has 84 valence electrons. The van der Waals surface area contributed by atoms with Crippen LogP contribution in [0.4, 0.5) is 17.8 Å². The van der Waals surface area contributed by atoms with Crippen molar-refractivity contribution in [2.24, 2.45) is 0 Å². The molecule has 15 heavy (non-hydrogen) atoms. The Morgan fingerprint density at radius 3 is 2.00 bits per heavy atom.